The van der Waals surface area contributed by atoms with Crippen molar-refractivity contribution in [1.29, 1.82) is 0 Å². The van der Waals surface area contributed by atoms with Crippen molar-refractivity contribution in [1.82, 2.24) is 20.4 Å². The zero-order chi connectivity index (χ0) is 17.6. The number of aromatic nitrogens is 3. The van der Waals surface area contributed by atoms with E-state index in [0.29, 0.717) is 23.3 Å². The largest absolute Gasteiger partial charge is 0.351 e. The molecule has 3 rings (SSSR count). The first kappa shape index (κ1) is 17.4. The van der Waals surface area contributed by atoms with Crippen LogP contribution in [0.4, 0.5) is 0 Å². The molecule has 3 aromatic rings. The molecule has 0 saturated heterocycles. The van der Waals surface area contributed by atoms with Crippen molar-refractivity contribution in [3.05, 3.63) is 59.0 Å². The lowest BCUT2D eigenvalue weighted by Gasteiger charge is -2.05. The number of pyridine rings is 1. The van der Waals surface area contributed by atoms with Crippen LogP contribution in [0.1, 0.15) is 11.4 Å². The quantitative estimate of drug-likeness (QED) is 0.665. The normalized spacial score (nSPS) is 10.6. The Labute approximate surface area is 154 Å². The summed E-state index contributed by atoms with van der Waals surface area (Å²) in [5, 5.41) is 8.01. The molecule has 8 heteroatoms. The van der Waals surface area contributed by atoms with Crippen LogP contribution < -0.4 is 5.32 Å². The number of hydrogen-bond donors (Lipinski definition) is 1. The maximum atomic E-state index is 11.9. The highest BCUT2D eigenvalue weighted by Crippen LogP contribution is 2.20. The fourth-order valence-electron chi connectivity index (χ4n) is 2.04. The Morgan fingerprint density at radius 2 is 2.20 bits per heavy atom. The van der Waals surface area contributed by atoms with E-state index in [1.54, 1.807) is 19.2 Å². The van der Waals surface area contributed by atoms with Crippen LogP contribution in [0.5, 0.6) is 0 Å². The number of nitrogens with one attached hydrogen (secondary N) is 1. The molecule has 0 saturated carbocycles. The lowest BCUT2D eigenvalue weighted by molar-refractivity contribution is -0.118. The zero-order valence-corrected chi connectivity index (χ0v) is 15.0. The van der Waals surface area contributed by atoms with E-state index in [1.165, 1.54) is 11.8 Å². The minimum absolute atomic E-state index is 0.0663. The lowest BCUT2D eigenvalue weighted by atomic mass is 10.2. The molecule has 25 heavy (non-hydrogen) atoms. The molecule has 0 atom stereocenters. The molecule has 1 N–H and O–H groups in total. The van der Waals surface area contributed by atoms with Crippen LogP contribution in [-0.2, 0) is 11.3 Å². The smallest absolute Gasteiger partial charge is 0.259 e. The summed E-state index contributed by atoms with van der Waals surface area (Å²) in [5.74, 6) is 1.22. The van der Waals surface area contributed by atoms with E-state index in [1.807, 2.05) is 30.3 Å². The topological polar surface area (TPSA) is 80.9 Å². The van der Waals surface area contributed by atoms with Gasteiger partial charge in [0.25, 0.3) is 5.89 Å². The van der Waals surface area contributed by atoms with Gasteiger partial charge >= 0.3 is 0 Å². The minimum Gasteiger partial charge on any atom is -0.351 e. The van der Waals surface area contributed by atoms with E-state index >= 15 is 0 Å². The van der Waals surface area contributed by atoms with Gasteiger partial charge in [0.1, 0.15) is 0 Å². The van der Waals surface area contributed by atoms with E-state index in [4.69, 9.17) is 16.1 Å². The van der Waals surface area contributed by atoms with Crippen molar-refractivity contribution in [2.24, 2.45) is 0 Å². The number of nitrogens with zero attached hydrogens (tertiary/aromatic N) is 3. The second-order valence-corrected chi connectivity index (χ2v) is 6.66. The van der Waals surface area contributed by atoms with Crippen molar-refractivity contribution in [2.45, 2.75) is 18.5 Å². The summed E-state index contributed by atoms with van der Waals surface area (Å²) in [6, 6.07) is 11.1. The summed E-state index contributed by atoms with van der Waals surface area (Å²) >= 11 is 7.28. The second kappa shape index (κ2) is 8.13. The fourth-order valence-corrected chi connectivity index (χ4v) is 2.93. The van der Waals surface area contributed by atoms with Gasteiger partial charge in [0.05, 0.1) is 16.3 Å². The number of thioether (sulfide) groups is 1. The zero-order valence-electron chi connectivity index (χ0n) is 13.4. The summed E-state index contributed by atoms with van der Waals surface area (Å²) in [7, 11) is 0. The van der Waals surface area contributed by atoms with Gasteiger partial charge in [-0.2, -0.15) is 4.98 Å². The Bertz CT molecular complexity index is 867. The van der Waals surface area contributed by atoms with Crippen molar-refractivity contribution in [2.75, 3.05) is 5.75 Å². The second-order valence-electron chi connectivity index (χ2n) is 5.23. The summed E-state index contributed by atoms with van der Waals surface area (Å²) in [6.07, 6.45) is 1.65. The number of carbonyl (C=O) groups excluding carboxylic acids is 1. The third-order valence-corrected chi connectivity index (χ3v) is 4.42. The Hall–Kier alpha value is -2.38. The van der Waals surface area contributed by atoms with E-state index in [0.717, 1.165) is 16.2 Å². The van der Waals surface area contributed by atoms with Crippen molar-refractivity contribution >= 4 is 29.3 Å². The van der Waals surface area contributed by atoms with Gasteiger partial charge in [-0.05, 0) is 36.8 Å². The van der Waals surface area contributed by atoms with Crippen LogP contribution in [0, 0.1) is 6.92 Å². The first-order chi connectivity index (χ1) is 12.1. The molecule has 0 bridgehead atoms. The van der Waals surface area contributed by atoms with Gasteiger partial charge in [-0.15, -0.1) is 0 Å². The molecule has 1 aromatic carbocycles. The number of benzene rings is 1. The predicted molar refractivity (Wildman–Crippen MR) is 96.3 cm³/mol. The summed E-state index contributed by atoms with van der Waals surface area (Å²) in [4.78, 5) is 20.4. The number of aryl methyl sites for hydroxylation is 1. The number of rotatable bonds is 6. The molecule has 2 heterocycles. The number of carbonyl (C=O) groups is 1. The van der Waals surface area contributed by atoms with Crippen LogP contribution in [-0.4, -0.2) is 26.8 Å². The maximum absolute atomic E-state index is 11.9. The highest BCUT2D eigenvalue weighted by Gasteiger charge is 2.08. The van der Waals surface area contributed by atoms with E-state index in [2.05, 4.69) is 20.4 Å². The molecule has 0 unspecified atom stereocenters. The Kier molecular flexibility index (Phi) is 5.67. The molecule has 0 aliphatic heterocycles. The molecular weight excluding hydrogens is 360 g/mol. The molecule has 1 amide bonds. The Morgan fingerprint density at radius 1 is 1.32 bits per heavy atom. The third kappa shape index (κ3) is 5.04. The molecular formula is C17H15ClN4O2S. The molecule has 2 aromatic heterocycles. The monoisotopic (exact) mass is 374 g/mol. The maximum Gasteiger partial charge on any atom is 0.259 e. The highest BCUT2D eigenvalue weighted by atomic mass is 35.5. The van der Waals surface area contributed by atoms with Crippen molar-refractivity contribution in [3.63, 3.8) is 0 Å². The van der Waals surface area contributed by atoms with Crippen LogP contribution in [0.3, 0.4) is 0 Å². The van der Waals surface area contributed by atoms with Gasteiger partial charge in [0, 0.05) is 17.8 Å². The number of halogens is 1. The summed E-state index contributed by atoms with van der Waals surface area (Å²) in [6.45, 7) is 2.20. The van der Waals surface area contributed by atoms with Gasteiger partial charge in [-0.1, -0.05) is 40.7 Å². The lowest BCUT2D eigenvalue weighted by Crippen LogP contribution is -2.24. The number of amides is 1. The summed E-state index contributed by atoms with van der Waals surface area (Å²) < 4.78 is 5.09. The SMILES string of the molecule is Cc1noc(-c2ccc(SCC(=O)NCc3cccc(Cl)c3)nc2)n1. The highest BCUT2D eigenvalue weighted by molar-refractivity contribution is 7.99. The first-order valence-electron chi connectivity index (χ1n) is 7.51. The fraction of sp³-hybridized carbons (Fsp3) is 0.176. The summed E-state index contributed by atoms with van der Waals surface area (Å²) in [5.41, 5.74) is 1.71. The minimum atomic E-state index is -0.0663. The molecule has 0 spiro atoms. The predicted octanol–water partition coefficient (Wildman–Crippen LogP) is 3.50. The van der Waals surface area contributed by atoms with Crippen LogP contribution in [0.25, 0.3) is 11.5 Å². The molecule has 0 aliphatic carbocycles. The molecule has 128 valence electrons. The average molecular weight is 375 g/mol. The van der Waals surface area contributed by atoms with Gasteiger partial charge < -0.3 is 9.84 Å². The Morgan fingerprint density at radius 3 is 2.88 bits per heavy atom. The van der Waals surface area contributed by atoms with Crippen molar-refractivity contribution < 1.29 is 9.32 Å². The van der Waals surface area contributed by atoms with Crippen LogP contribution >= 0.6 is 23.4 Å². The third-order valence-electron chi connectivity index (χ3n) is 3.24. The average Bonchev–Trinajstić information content (AvgIpc) is 3.05. The van der Waals surface area contributed by atoms with Crippen LogP contribution in [0.2, 0.25) is 5.02 Å². The van der Waals surface area contributed by atoms with Gasteiger partial charge in [0.15, 0.2) is 5.82 Å². The number of hydrogen-bond acceptors (Lipinski definition) is 6. The van der Waals surface area contributed by atoms with E-state index < -0.39 is 0 Å². The van der Waals surface area contributed by atoms with E-state index in [9.17, 15) is 4.79 Å². The van der Waals surface area contributed by atoms with Gasteiger partial charge in [-0.3, -0.25) is 4.79 Å². The molecule has 0 aliphatic rings. The van der Waals surface area contributed by atoms with E-state index in [-0.39, 0.29) is 11.7 Å². The molecule has 0 fully saturated rings. The standard InChI is InChI=1S/C17H15ClN4O2S/c1-11-21-17(24-22-11)13-5-6-16(20-9-13)25-10-15(23)19-8-12-3-2-4-14(18)7-12/h2-7,9H,8,10H2,1H3,(H,19,23). The van der Waals surface area contributed by atoms with Crippen LogP contribution in [0.15, 0.2) is 52.1 Å². The van der Waals surface area contributed by atoms with Gasteiger partial charge in [0.2, 0.25) is 5.91 Å². The van der Waals surface area contributed by atoms with Gasteiger partial charge in [-0.25, -0.2) is 4.98 Å². The first-order valence-corrected chi connectivity index (χ1v) is 8.87. The van der Waals surface area contributed by atoms with Crippen molar-refractivity contribution in [3.8, 4) is 11.5 Å². The Balaban J connectivity index is 1.48. The molecule has 0 radical (unpaired) electrons. The molecule has 6 nitrogen and oxygen atoms in total.